The first kappa shape index (κ1) is 16.1. The van der Waals surface area contributed by atoms with Gasteiger partial charge in [0.1, 0.15) is 5.75 Å². The molecule has 1 heterocycles. The van der Waals surface area contributed by atoms with Crippen molar-refractivity contribution < 1.29 is 26.3 Å². The minimum absolute atomic E-state index is 0.0192. The molecule has 2 rings (SSSR count). The SMILES string of the molecule is O=S1(=O)CCC(CNCc2ccccc2OC(F)(F)F)C1. The lowest BCUT2D eigenvalue weighted by atomic mass is 10.1. The van der Waals surface area contributed by atoms with Gasteiger partial charge in [-0.05, 0) is 24.9 Å². The van der Waals surface area contributed by atoms with E-state index >= 15 is 0 Å². The standard InChI is InChI=1S/C13H16F3NO3S/c14-13(15,16)20-12-4-2-1-3-11(12)8-17-7-10-5-6-21(18,19)9-10/h1-4,10,17H,5-9H2. The Morgan fingerprint density at radius 3 is 2.62 bits per heavy atom. The maximum atomic E-state index is 12.3. The fourth-order valence-corrected chi connectivity index (χ4v) is 4.18. The molecule has 1 atom stereocenters. The van der Waals surface area contributed by atoms with Crippen LogP contribution in [-0.4, -0.2) is 32.8 Å². The maximum absolute atomic E-state index is 12.3. The molecule has 8 heteroatoms. The van der Waals surface area contributed by atoms with Crippen LogP contribution >= 0.6 is 0 Å². The van der Waals surface area contributed by atoms with Gasteiger partial charge in [-0.3, -0.25) is 0 Å². The highest BCUT2D eigenvalue weighted by Gasteiger charge is 2.32. The van der Waals surface area contributed by atoms with E-state index < -0.39 is 16.2 Å². The maximum Gasteiger partial charge on any atom is 0.573 e. The van der Waals surface area contributed by atoms with Gasteiger partial charge in [0, 0.05) is 12.1 Å². The molecule has 1 fully saturated rings. The fourth-order valence-electron chi connectivity index (χ4n) is 2.32. The summed E-state index contributed by atoms with van der Waals surface area (Å²) < 4.78 is 63.4. The van der Waals surface area contributed by atoms with Crippen molar-refractivity contribution >= 4 is 9.84 Å². The van der Waals surface area contributed by atoms with Crippen LogP contribution in [0, 0.1) is 5.92 Å². The van der Waals surface area contributed by atoms with Gasteiger partial charge in [-0.1, -0.05) is 18.2 Å². The van der Waals surface area contributed by atoms with Crippen molar-refractivity contribution in [3.05, 3.63) is 29.8 Å². The molecule has 0 aromatic heterocycles. The Kier molecular flexibility index (Phi) is 4.77. The average molecular weight is 323 g/mol. The number of nitrogens with one attached hydrogen (secondary N) is 1. The molecule has 1 aliphatic heterocycles. The first-order chi connectivity index (χ1) is 9.75. The summed E-state index contributed by atoms with van der Waals surface area (Å²) in [5.41, 5.74) is 0.385. The van der Waals surface area contributed by atoms with Gasteiger partial charge >= 0.3 is 6.36 Å². The molecule has 0 amide bonds. The van der Waals surface area contributed by atoms with Crippen LogP contribution in [0.15, 0.2) is 24.3 Å². The van der Waals surface area contributed by atoms with Crippen LogP contribution in [0.3, 0.4) is 0 Å². The van der Waals surface area contributed by atoms with E-state index in [4.69, 9.17) is 0 Å². The number of halogens is 3. The second-order valence-electron chi connectivity index (χ2n) is 5.06. The van der Waals surface area contributed by atoms with E-state index in [9.17, 15) is 21.6 Å². The number of sulfone groups is 1. The summed E-state index contributed by atoms with van der Waals surface area (Å²) in [5.74, 6) is 0.107. The summed E-state index contributed by atoms with van der Waals surface area (Å²) in [6, 6.07) is 5.89. The van der Waals surface area contributed by atoms with Crippen LogP contribution in [0.5, 0.6) is 5.75 Å². The van der Waals surface area contributed by atoms with E-state index in [0.717, 1.165) is 0 Å². The van der Waals surface area contributed by atoms with Crippen LogP contribution in [0.2, 0.25) is 0 Å². The van der Waals surface area contributed by atoms with Gasteiger partial charge in [-0.25, -0.2) is 8.42 Å². The normalized spacial score (nSPS) is 21.4. The predicted molar refractivity (Wildman–Crippen MR) is 71.6 cm³/mol. The number of para-hydroxylation sites is 1. The van der Waals surface area contributed by atoms with E-state index in [1.807, 2.05) is 0 Å². The molecule has 1 N–H and O–H groups in total. The number of hydrogen-bond donors (Lipinski definition) is 1. The first-order valence-electron chi connectivity index (χ1n) is 6.50. The van der Waals surface area contributed by atoms with Crippen molar-refractivity contribution in [3.63, 3.8) is 0 Å². The molecule has 1 aliphatic rings. The summed E-state index contributed by atoms with van der Waals surface area (Å²) in [6.07, 6.45) is -4.13. The molecule has 4 nitrogen and oxygen atoms in total. The lowest BCUT2D eigenvalue weighted by Crippen LogP contribution is -2.24. The monoisotopic (exact) mass is 323 g/mol. The van der Waals surface area contributed by atoms with Gasteiger partial charge in [0.05, 0.1) is 11.5 Å². The minimum atomic E-state index is -4.73. The van der Waals surface area contributed by atoms with Crippen molar-refractivity contribution in [3.8, 4) is 5.75 Å². The quantitative estimate of drug-likeness (QED) is 0.902. The Hall–Kier alpha value is -1.28. The van der Waals surface area contributed by atoms with Gasteiger partial charge < -0.3 is 10.1 Å². The van der Waals surface area contributed by atoms with E-state index in [2.05, 4.69) is 10.1 Å². The largest absolute Gasteiger partial charge is 0.573 e. The number of rotatable bonds is 5. The zero-order valence-corrected chi connectivity index (χ0v) is 12.0. The Balaban J connectivity index is 1.89. The van der Waals surface area contributed by atoms with Crippen molar-refractivity contribution in [2.24, 2.45) is 5.92 Å². The Morgan fingerprint density at radius 2 is 2.00 bits per heavy atom. The predicted octanol–water partition coefficient (Wildman–Crippen LogP) is 2.11. The number of ether oxygens (including phenoxy) is 1. The number of benzene rings is 1. The van der Waals surface area contributed by atoms with Crippen molar-refractivity contribution in [1.82, 2.24) is 5.32 Å². The van der Waals surface area contributed by atoms with E-state index in [1.165, 1.54) is 12.1 Å². The van der Waals surface area contributed by atoms with Crippen LogP contribution in [0.1, 0.15) is 12.0 Å². The zero-order chi connectivity index (χ0) is 15.5. The molecule has 0 saturated carbocycles. The van der Waals surface area contributed by atoms with Crippen LogP contribution in [0.4, 0.5) is 13.2 Å². The summed E-state index contributed by atoms with van der Waals surface area (Å²) in [6.45, 7) is 0.655. The third kappa shape index (κ3) is 5.20. The third-order valence-electron chi connectivity index (χ3n) is 3.27. The minimum Gasteiger partial charge on any atom is -0.405 e. The number of alkyl halides is 3. The van der Waals surface area contributed by atoms with Gasteiger partial charge in [-0.2, -0.15) is 0 Å². The molecule has 0 aliphatic carbocycles. The highest BCUT2D eigenvalue weighted by molar-refractivity contribution is 7.91. The average Bonchev–Trinajstić information content (AvgIpc) is 2.69. The van der Waals surface area contributed by atoms with Crippen molar-refractivity contribution in [1.29, 1.82) is 0 Å². The number of hydrogen-bond acceptors (Lipinski definition) is 4. The molecular formula is C13H16F3NO3S. The Labute approximate surface area is 121 Å². The topological polar surface area (TPSA) is 55.4 Å². The summed E-state index contributed by atoms with van der Waals surface area (Å²) in [4.78, 5) is 0. The molecule has 0 radical (unpaired) electrons. The Morgan fingerprint density at radius 1 is 1.29 bits per heavy atom. The summed E-state index contributed by atoms with van der Waals surface area (Å²) in [5, 5.41) is 3.00. The molecule has 1 aromatic rings. The van der Waals surface area contributed by atoms with Crippen molar-refractivity contribution in [2.75, 3.05) is 18.1 Å². The van der Waals surface area contributed by atoms with Gasteiger partial charge in [0.25, 0.3) is 0 Å². The van der Waals surface area contributed by atoms with Gasteiger partial charge in [-0.15, -0.1) is 13.2 Å². The van der Waals surface area contributed by atoms with Gasteiger partial charge in [0.2, 0.25) is 0 Å². The highest BCUT2D eigenvalue weighted by atomic mass is 32.2. The molecular weight excluding hydrogens is 307 g/mol. The fraction of sp³-hybridized carbons (Fsp3) is 0.538. The molecule has 118 valence electrons. The highest BCUT2D eigenvalue weighted by Crippen LogP contribution is 2.26. The lowest BCUT2D eigenvalue weighted by molar-refractivity contribution is -0.274. The second kappa shape index (κ2) is 6.23. The third-order valence-corrected chi connectivity index (χ3v) is 5.11. The molecule has 21 heavy (non-hydrogen) atoms. The van der Waals surface area contributed by atoms with Crippen LogP contribution in [0.25, 0.3) is 0 Å². The van der Waals surface area contributed by atoms with Crippen molar-refractivity contribution in [2.45, 2.75) is 19.3 Å². The zero-order valence-electron chi connectivity index (χ0n) is 11.2. The molecule has 0 spiro atoms. The summed E-state index contributed by atoms with van der Waals surface area (Å²) in [7, 11) is -2.94. The first-order valence-corrected chi connectivity index (χ1v) is 8.32. The lowest BCUT2D eigenvalue weighted by Gasteiger charge is -2.14. The van der Waals surface area contributed by atoms with E-state index in [0.29, 0.717) is 18.5 Å². The van der Waals surface area contributed by atoms with E-state index in [-0.39, 0.29) is 29.7 Å². The summed E-state index contributed by atoms with van der Waals surface area (Å²) >= 11 is 0. The molecule has 1 unspecified atom stereocenters. The molecule has 0 bridgehead atoms. The second-order valence-corrected chi connectivity index (χ2v) is 7.28. The molecule has 1 saturated heterocycles. The molecule has 1 aromatic carbocycles. The van der Waals surface area contributed by atoms with Crippen LogP contribution < -0.4 is 10.1 Å². The Bertz CT molecular complexity index is 587. The smallest absolute Gasteiger partial charge is 0.405 e. The van der Waals surface area contributed by atoms with Gasteiger partial charge in [0.15, 0.2) is 9.84 Å². The van der Waals surface area contributed by atoms with E-state index in [1.54, 1.807) is 12.1 Å². The van der Waals surface area contributed by atoms with Crippen LogP contribution in [-0.2, 0) is 16.4 Å².